The fraction of sp³-hybridized carbons (Fsp3) is 0. The number of nitrogens with one attached hydrogen (secondary N) is 2. The van der Waals surface area contributed by atoms with Crippen LogP contribution in [0.2, 0.25) is 0 Å². The number of benzene rings is 2. The third-order valence-electron chi connectivity index (χ3n) is 3.50. The van der Waals surface area contributed by atoms with Crippen LogP contribution in [-0.2, 0) is 10.0 Å². The van der Waals surface area contributed by atoms with Gasteiger partial charge in [0.15, 0.2) is 5.76 Å². The molecule has 11 heteroatoms. The molecule has 9 nitrogen and oxygen atoms in total. The fourth-order valence-electron chi connectivity index (χ4n) is 2.21. The standard InChI is InChI=1S/C17H12FN3O6S/c18-11-2-1-3-14(10-11)28(25,26)20-13-6-4-12(5-7-13)19-17(22)15-8-9-16(27-15)21(23)24/h1-10,20H,(H,19,22). The number of furan rings is 1. The highest BCUT2D eigenvalue weighted by atomic mass is 32.2. The minimum Gasteiger partial charge on any atom is -0.395 e. The summed E-state index contributed by atoms with van der Waals surface area (Å²) in [6, 6.07) is 12.4. The molecular weight excluding hydrogens is 393 g/mol. The monoisotopic (exact) mass is 405 g/mol. The second-order valence-corrected chi connectivity index (χ2v) is 7.17. The van der Waals surface area contributed by atoms with Gasteiger partial charge in [-0.2, -0.15) is 0 Å². The van der Waals surface area contributed by atoms with Crippen LogP contribution in [0.25, 0.3) is 0 Å². The van der Waals surface area contributed by atoms with Crippen molar-refractivity contribution < 1.29 is 26.9 Å². The summed E-state index contributed by atoms with van der Waals surface area (Å²) in [6.45, 7) is 0. The molecule has 2 aromatic carbocycles. The van der Waals surface area contributed by atoms with Gasteiger partial charge in [0.25, 0.3) is 15.9 Å². The third kappa shape index (κ3) is 4.32. The van der Waals surface area contributed by atoms with Gasteiger partial charge in [-0.1, -0.05) is 6.07 Å². The number of carbonyl (C=O) groups excluding carboxylic acids is 1. The summed E-state index contributed by atoms with van der Waals surface area (Å²) in [5, 5.41) is 13.0. The summed E-state index contributed by atoms with van der Waals surface area (Å²) in [5.74, 6) is -2.20. The van der Waals surface area contributed by atoms with Crippen LogP contribution >= 0.6 is 0 Å². The lowest BCUT2D eigenvalue weighted by molar-refractivity contribution is -0.402. The lowest BCUT2D eigenvalue weighted by Crippen LogP contribution is -2.13. The molecule has 3 aromatic rings. The van der Waals surface area contributed by atoms with Crippen molar-refractivity contribution in [2.45, 2.75) is 4.90 Å². The van der Waals surface area contributed by atoms with Crippen LogP contribution in [0.1, 0.15) is 10.6 Å². The lowest BCUT2D eigenvalue weighted by atomic mass is 10.3. The van der Waals surface area contributed by atoms with Crippen molar-refractivity contribution in [2.24, 2.45) is 0 Å². The van der Waals surface area contributed by atoms with E-state index in [-0.39, 0.29) is 16.3 Å². The predicted molar refractivity (Wildman–Crippen MR) is 97.0 cm³/mol. The van der Waals surface area contributed by atoms with Crippen LogP contribution in [0.5, 0.6) is 0 Å². The Balaban J connectivity index is 1.69. The van der Waals surface area contributed by atoms with Gasteiger partial charge < -0.3 is 9.73 Å². The smallest absolute Gasteiger partial charge is 0.395 e. The molecule has 1 amide bonds. The van der Waals surface area contributed by atoms with E-state index < -0.39 is 32.6 Å². The summed E-state index contributed by atoms with van der Waals surface area (Å²) in [6.07, 6.45) is 0. The average molecular weight is 405 g/mol. The maximum atomic E-state index is 13.2. The summed E-state index contributed by atoms with van der Waals surface area (Å²) in [4.78, 5) is 21.6. The molecule has 2 N–H and O–H groups in total. The molecule has 0 radical (unpaired) electrons. The average Bonchev–Trinajstić information content (AvgIpc) is 3.14. The lowest BCUT2D eigenvalue weighted by Gasteiger charge is -2.09. The zero-order chi connectivity index (χ0) is 20.3. The Labute approximate surface area is 158 Å². The highest BCUT2D eigenvalue weighted by Crippen LogP contribution is 2.21. The van der Waals surface area contributed by atoms with Gasteiger partial charge in [-0.15, -0.1) is 0 Å². The van der Waals surface area contributed by atoms with E-state index in [0.29, 0.717) is 5.69 Å². The van der Waals surface area contributed by atoms with Gasteiger partial charge in [-0.05, 0) is 48.5 Å². The van der Waals surface area contributed by atoms with Crippen LogP contribution < -0.4 is 10.0 Å². The first-order valence-corrected chi connectivity index (χ1v) is 9.17. The van der Waals surface area contributed by atoms with Crippen LogP contribution in [0, 0.1) is 15.9 Å². The first-order valence-electron chi connectivity index (χ1n) is 7.69. The van der Waals surface area contributed by atoms with Gasteiger partial charge in [0.05, 0.1) is 11.0 Å². The number of nitrogens with zero attached hydrogens (tertiary/aromatic N) is 1. The highest BCUT2D eigenvalue weighted by Gasteiger charge is 2.18. The van der Waals surface area contributed by atoms with Gasteiger partial charge in [-0.25, -0.2) is 12.8 Å². The molecule has 0 aliphatic rings. The molecule has 0 bridgehead atoms. The number of hydrogen-bond donors (Lipinski definition) is 2. The van der Waals surface area contributed by atoms with Crippen LogP contribution in [0.15, 0.2) is 70.0 Å². The Kier molecular flexibility index (Phi) is 5.09. The maximum Gasteiger partial charge on any atom is 0.433 e. The van der Waals surface area contributed by atoms with Crippen LogP contribution in [0.3, 0.4) is 0 Å². The van der Waals surface area contributed by atoms with E-state index in [9.17, 15) is 27.7 Å². The van der Waals surface area contributed by atoms with E-state index in [0.717, 1.165) is 24.3 Å². The number of anilines is 2. The number of amides is 1. The summed E-state index contributed by atoms with van der Waals surface area (Å²) in [7, 11) is -3.98. The Morgan fingerprint density at radius 3 is 2.32 bits per heavy atom. The minimum atomic E-state index is -3.98. The molecule has 28 heavy (non-hydrogen) atoms. The largest absolute Gasteiger partial charge is 0.433 e. The Morgan fingerprint density at radius 2 is 1.71 bits per heavy atom. The van der Waals surface area contributed by atoms with Crippen molar-refractivity contribution in [1.29, 1.82) is 0 Å². The first-order chi connectivity index (χ1) is 13.2. The van der Waals surface area contributed by atoms with Gasteiger partial charge in [0.2, 0.25) is 0 Å². The minimum absolute atomic E-state index is 0.191. The van der Waals surface area contributed by atoms with E-state index in [4.69, 9.17) is 4.42 Å². The zero-order valence-corrected chi connectivity index (χ0v) is 14.8. The van der Waals surface area contributed by atoms with E-state index in [1.54, 1.807) is 0 Å². The molecule has 0 aliphatic heterocycles. The van der Waals surface area contributed by atoms with Crippen molar-refractivity contribution in [1.82, 2.24) is 0 Å². The quantitative estimate of drug-likeness (QED) is 0.477. The summed E-state index contributed by atoms with van der Waals surface area (Å²) in [5.41, 5.74) is 0.494. The first kappa shape index (κ1) is 19.0. The molecule has 1 heterocycles. The van der Waals surface area contributed by atoms with Gasteiger partial charge in [0, 0.05) is 11.4 Å². The predicted octanol–water partition coefficient (Wildman–Crippen LogP) is 3.38. The number of carbonyl (C=O) groups is 1. The van der Waals surface area contributed by atoms with Crippen molar-refractivity contribution >= 4 is 33.2 Å². The van der Waals surface area contributed by atoms with Gasteiger partial charge >= 0.3 is 5.88 Å². The Morgan fingerprint density at radius 1 is 1.04 bits per heavy atom. The second-order valence-electron chi connectivity index (χ2n) is 5.49. The van der Waals surface area contributed by atoms with Crippen LogP contribution in [0.4, 0.5) is 21.6 Å². The topological polar surface area (TPSA) is 132 Å². The number of hydrogen-bond acceptors (Lipinski definition) is 6. The Bertz CT molecular complexity index is 1140. The molecule has 0 unspecified atom stereocenters. The van der Waals surface area contributed by atoms with Crippen LogP contribution in [-0.4, -0.2) is 19.2 Å². The van der Waals surface area contributed by atoms with E-state index in [2.05, 4.69) is 10.0 Å². The zero-order valence-electron chi connectivity index (χ0n) is 14.0. The van der Waals surface area contributed by atoms with Gasteiger partial charge in [-0.3, -0.25) is 19.6 Å². The number of sulfonamides is 1. The Hall–Kier alpha value is -3.73. The highest BCUT2D eigenvalue weighted by molar-refractivity contribution is 7.92. The van der Waals surface area contributed by atoms with Crippen molar-refractivity contribution in [3.63, 3.8) is 0 Å². The number of rotatable bonds is 6. The van der Waals surface area contributed by atoms with E-state index in [1.165, 1.54) is 36.4 Å². The normalized spacial score (nSPS) is 11.0. The van der Waals surface area contributed by atoms with Crippen molar-refractivity contribution in [3.05, 3.63) is 82.4 Å². The molecule has 3 rings (SSSR count). The molecule has 0 spiro atoms. The number of nitro groups is 1. The molecule has 0 fully saturated rings. The fourth-order valence-corrected chi connectivity index (χ4v) is 3.30. The third-order valence-corrected chi connectivity index (χ3v) is 4.88. The molecule has 0 saturated heterocycles. The van der Waals surface area contributed by atoms with E-state index >= 15 is 0 Å². The summed E-state index contributed by atoms with van der Waals surface area (Å²) >= 11 is 0. The van der Waals surface area contributed by atoms with Crippen molar-refractivity contribution in [3.8, 4) is 0 Å². The molecule has 144 valence electrons. The second kappa shape index (κ2) is 7.48. The van der Waals surface area contributed by atoms with E-state index in [1.807, 2.05) is 0 Å². The SMILES string of the molecule is O=C(Nc1ccc(NS(=O)(=O)c2cccc(F)c2)cc1)c1ccc([N+](=O)[O-])o1. The molecule has 1 aromatic heterocycles. The molecule has 0 atom stereocenters. The molecule has 0 aliphatic carbocycles. The van der Waals surface area contributed by atoms with Gasteiger partial charge in [0.1, 0.15) is 10.7 Å². The molecule has 0 saturated carbocycles. The maximum absolute atomic E-state index is 13.2. The molecular formula is C17H12FN3O6S. The van der Waals surface area contributed by atoms with Crippen molar-refractivity contribution in [2.75, 3.05) is 10.0 Å². The number of halogens is 1. The summed E-state index contributed by atoms with van der Waals surface area (Å²) < 4.78 is 44.8.